The fourth-order valence-electron chi connectivity index (χ4n) is 2.90. The third-order valence-corrected chi connectivity index (χ3v) is 3.62. The van der Waals surface area contributed by atoms with Crippen molar-refractivity contribution in [1.29, 1.82) is 0 Å². The Balaban J connectivity index is 2.14. The number of hydrogen-bond donors (Lipinski definition) is 1. The van der Waals surface area contributed by atoms with Gasteiger partial charge in [0.2, 0.25) is 0 Å². The van der Waals surface area contributed by atoms with Gasteiger partial charge in [-0.05, 0) is 35.1 Å². The second kappa shape index (κ2) is 6.90. The van der Waals surface area contributed by atoms with Gasteiger partial charge < -0.3 is 5.32 Å². The van der Waals surface area contributed by atoms with Crippen molar-refractivity contribution in [2.45, 2.75) is 52.6 Å². The third kappa shape index (κ3) is 4.35. The first-order valence-corrected chi connectivity index (χ1v) is 7.78. The van der Waals surface area contributed by atoms with Crippen molar-refractivity contribution in [1.82, 2.24) is 5.32 Å². The highest BCUT2D eigenvalue weighted by molar-refractivity contribution is 5.82. The van der Waals surface area contributed by atoms with Crippen LogP contribution in [0, 0.1) is 5.92 Å². The predicted octanol–water partition coefficient (Wildman–Crippen LogP) is 4.80. The van der Waals surface area contributed by atoms with E-state index in [1.165, 1.54) is 22.8 Å². The van der Waals surface area contributed by atoms with Crippen LogP contribution in [0.25, 0.3) is 10.8 Å². The monoisotopic (exact) mass is 269 g/mol. The highest BCUT2D eigenvalue weighted by Crippen LogP contribution is 2.18. The second-order valence-electron chi connectivity index (χ2n) is 6.53. The van der Waals surface area contributed by atoms with E-state index in [1.807, 2.05) is 0 Å². The minimum Gasteiger partial charge on any atom is -0.311 e. The molecule has 0 aliphatic heterocycles. The summed E-state index contributed by atoms with van der Waals surface area (Å²) in [6.07, 6.45) is 2.34. The summed E-state index contributed by atoms with van der Waals surface area (Å²) in [5, 5.41) is 6.38. The molecule has 2 aromatic rings. The minimum absolute atomic E-state index is 0.541. The zero-order valence-corrected chi connectivity index (χ0v) is 13.2. The molecule has 0 aliphatic carbocycles. The van der Waals surface area contributed by atoms with Gasteiger partial charge in [-0.2, -0.15) is 0 Å². The van der Waals surface area contributed by atoms with E-state index >= 15 is 0 Å². The van der Waals surface area contributed by atoms with Crippen molar-refractivity contribution in [3.05, 3.63) is 48.0 Å². The van der Waals surface area contributed by atoms with Crippen LogP contribution < -0.4 is 5.32 Å². The molecule has 0 bridgehead atoms. The Morgan fingerprint density at radius 2 is 1.60 bits per heavy atom. The van der Waals surface area contributed by atoms with Gasteiger partial charge in [-0.3, -0.25) is 0 Å². The van der Waals surface area contributed by atoms with E-state index in [0.717, 1.165) is 12.3 Å². The molecule has 0 amide bonds. The van der Waals surface area contributed by atoms with Crippen LogP contribution in [-0.2, 0) is 6.42 Å². The number of rotatable bonds is 6. The van der Waals surface area contributed by atoms with E-state index < -0.39 is 0 Å². The maximum atomic E-state index is 3.71. The lowest BCUT2D eigenvalue weighted by Gasteiger charge is -2.23. The molecule has 1 N–H and O–H groups in total. The van der Waals surface area contributed by atoms with Crippen LogP contribution >= 0.6 is 0 Å². The normalized spacial score (nSPS) is 13.3. The number of benzene rings is 2. The molecule has 2 rings (SSSR count). The van der Waals surface area contributed by atoms with Crippen LogP contribution in [0.4, 0.5) is 0 Å². The molecule has 108 valence electrons. The molecule has 0 aromatic heterocycles. The van der Waals surface area contributed by atoms with Crippen LogP contribution in [0.3, 0.4) is 0 Å². The van der Waals surface area contributed by atoms with Crippen molar-refractivity contribution < 1.29 is 0 Å². The Kier molecular flexibility index (Phi) is 5.19. The molecule has 0 radical (unpaired) electrons. The van der Waals surface area contributed by atoms with E-state index in [-0.39, 0.29) is 0 Å². The topological polar surface area (TPSA) is 12.0 Å². The standard InChI is InChI=1S/C19H27N/c1-14(2)11-19(20-15(3)4)13-16-9-10-17-7-5-6-8-18(17)12-16/h5-10,12,14-15,19-20H,11,13H2,1-4H3/t19-/m1/s1. The molecule has 0 saturated carbocycles. The molecule has 2 aromatic carbocycles. The number of fused-ring (bicyclic) bond motifs is 1. The van der Waals surface area contributed by atoms with Crippen molar-refractivity contribution in [3.63, 3.8) is 0 Å². The SMILES string of the molecule is CC(C)C[C@H](Cc1ccc2ccccc2c1)NC(C)C. The van der Waals surface area contributed by atoms with Crippen LogP contribution in [0.1, 0.15) is 39.7 Å². The number of nitrogens with one attached hydrogen (secondary N) is 1. The van der Waals surface area contributed by atoms with Crippen LogP contribution in [0.15, 0.2) is 42.5 Å². The van der Waals surface area contributed by atoms with E-state index in [9.17, 15) is 0 Å². The molecule has 1 nitrogen and oxygen atoms in total. The number of hydrogen-bond acceptors (Lipinski definition) is 1. The quantitative estimate of drug-likeness (QED) is 0.794. The maximum Gasteiger partial charge on any atom is 0.0112 e. The Hall–Kier alpha value is -1.34. The van der Waals surface area contributed by atoms with Gasteiger partial charge in [0.1, 0.15) is 0 Å². The van der Waals surface area contributed by atoms with Gasteiger partial charge in [-0.25, -0.2) is 0 Å². The van der Waals surface area contributed by atoms with Gasteiger partial charge >= 0.3 is 0 Å². The van der Waals surface area contributed by atoms with Crippen LogP contribution in [-0.4, -0.2) is 12.1 Å². The zero-order chi connectivity index (χ0) is 14.5. The average Bonchev–Trinajstić information content (AvgIpc) is 2.37. The highest BCUT2D eigenvalue weighted by atomic mass is 14.9. The summed E-state index contributed by atoms with van der Waals surface area (Å²) >= 11 is 0. The first-order valence-electron chi connectivity index (χ1n) is 7.78. The average molecular weight is 269 g/mol. The fraction of sp³-hybridized carbons (Fsp3) is 0.474. The molecule has 1 heteroatoms. The first kappa shape index (κ1) is 15.1. The van der Waals surface area contributed by atoms with Gasteiger partial charge in [0.25, 0.3) is 0 Å². The molecule has 0 heterocycles. The smallest absolute Gasteiger partial charge is 0.0112 e. The Bertz CT molecular complexity index is 532. The van der Waals surface area contributed by atoms with Crippen LogP contribution in [0.5, 0.6) is 0 Å². The van der Waals surface area contributed by atoms with E-state index in [1.54, 1.807) is 0 Å². The van der Waals surface area contributed by atoms with Gasteiger partial charge in [-0.1, -0.05) is 70.2 Å². The Morgan fingerprint density at radius 3 is 2.25 bits per heavy atom. The summed E-state index contributed by atoms with van der Waals surface area (Å²) in [7, 11) is 0. The van der Waals surface area contributed by atoms with Gasteiger partial charge in [0, 0.05) is 12.1 Å². The maximum absolute atomic E-state index is 3.71. The predicted molar refractivity (Wildman–Crippen MR) is 89.2 cm³/mol. The molecular formula is C19H27N. The van der Waals surface area contributed by atoms with E-state index in [4.69, 9.17) is 0 Å². The summed E-state index contributed by atoms with van der Waals surface area (Å²) in [4.78, 5) is 0. The highest BCUT2D eigenvalue weighted by Gasteiger charge is 2.13. The summed E-state index contributed by atoms with van der Waals surface area (Å²) in [6, 6.07) is 16.6. The lowest BCUT2D eigenvalue weighted by atomic mass is 9.95. The van der Waals surface area contributed by atoms with E-state index in [0.29, 0.717) is 12.1 Å². The molecule has 0 spiro atoms. The molecule has 0 unspecified atom stereocenters. The van der Waals surface area contributed by atoms with Crippen LogP contribution in [0.2, 0.25) is 0 Å². The van der Waals surface area contributed by atoms with Gasteiger partial charge in [0.05, 0.1) is 0 Å². The lowest BCUT2D eigenvalue weighted by molar-refractivity contribution is 0.389. The molecular weight excluding hydrogens is 242 g/mol. The zero-order valence-electron chi connectivity index (χ0n) is 13.2. The third-order valence-electron chi connectivity index (χ3n) is 3.62. The summed E-state index contributed by atoms with van der Waals surface area (Å²) in [5.41, 5.74) is 1.43. The lowest BCUT2D eigenvalue weighted by Crippen LogP contribution is -2.37. The molecule has 20 heavy (non-hydrogen) atoms. The first-order chi connectivity index (χ1) is 9.54. The largest absolute Gasteiger partial charge is 0.311 e. The molecule has 0 aliphatic rings. The Labute approximate surface area is 123 Å². The fourth-order valence-corrected chi connectivity index (χ4v) is 2.90. The second-order valence-corrected chi connectivity index (χ2v) is 6.53. The molecule has 1 atom stereocenters. The van der Waals surface area contributed by atoms with E-state index in [2.05, 4.69) is 75.5 Å². The molecule has 0 saturated heterocycles. The summed E-state index contributed by atoms with van der Waals surface area (Å²) in [6.45, 7) is 9.06. The van der Waals surface area contributed by atoms with Crippen molar-refractivity contribution >= 4 is 10.8 Å². The van der Waals surface area contributed by atoms with Crippen molar-refractivity contribution in [2.24, 2.45) is 5.92 Å². The van der Waals surface area contributed by atoms with Crippen molar-refractivity contribution in [2.75, 3.05) is 0 Å². The summed E-state index contributed by atoms with van der Waals surface area (Å²) < 4.78 is 0. The summed E-state index contributed by atoms with van der Waals surface area (Å²) in [5.74, 6) is 0.728. The van der Waals surface area contributed by atoms with Gasteiger partial charge in [-0.15, -0.1) is 0 Å². The van der Waals surface area contributed by atoms with Crippen molar-refractivity contribution in [3.8, 4) is 0 Å². The Morgan fingerprint density at radius 1 is 0.900 bits per heavy atom. The molecule has 0 fully saturated rings. The van der Waals surface area contributed by atoms with Gasteiger partial charge in [0.15, 0.2) is 0 Å². The minimum atomic E-state index is 0.541.